The van der Waals surface area contributed by atoms with E-state index in [1.54, 1.807) is 6.20 Å². The number of nitrogens with zero attached hydrogens (tertiary/aromatic N) is 1. The Balaban J connectivity index is 1.60. The second-order valence-corrected chi connectivity index (χ2v) is 8.49. The molecule has 0 saturated heterocycles. The number of sulfone groups is 1. The second kappa shape index (κ2) is 5.55. The van der Waals surface area contributed by atoms with Crippen molar-refractivity contribution in [3.8, 4) is 11.5 Å². The first-order chi connectivity index (χ1) is 10.4. The van der Waals surface area contributed by atoms with Gasteiger partial charge in [-0.3, -0.25) is 5.10 Å². The van der Waals surface area contributed by atoms with Gasteiger partial charge in [-0.25, -0.2) is 8.42 Å². The fourth-order valence-electron chi connectivity index (χ4n) is 2.79. The number of aryl methyl sites for hydroxylation is 1. The molecule has 22 heavy (non-hydrogen) atoms. The lowest BCUT2D eigenvalue weighted by Gasteiger charge is -2.14. The summed E-state index contributed by atoms with van der Waals surface area (Å²) in [5.74, 6) is 1.89. The predicted octanol–water partition coefficient (Wildman–Crippen LogP) is 1.89. The van der Waals surface area contributed by atoms with Gasteiger partial charge in [-0.1, -0.05) is 0 Å². The van der Waals surface area contributed by atoms with Crippen LogP contribution in [0.2, 0.25) is 0 Å². The number of aromatic nitrogens is 2. The van der Waals surface area contributed by atoms with E-state index in [4.69, 9.17) is 4.42 Å². The van der Waals surface area contributed by atoms with Crippen molar-refractivity contribution in [1.82, 2.24) is 15.5 Å². The summed E-state index contributed by atoms with van der Waals surface area (Å²) < 4.78 is 28.5. The molecule has 0 radical (unpaired) electrons. The van der Waals surface area contributed by atoms with E-state index in [1.807, 2.05) is 19.1 Å². The van der Waals surface area contributed by atoms with Crippen LogP contribution in [0, 0.1) is 12.3 Å². The molecule has 120 valence electrons. The van der Waals surface area contributed by atoms with Gasteiger partial charge in [0.25, 0.3) is 0 Å². The zero-order chi connectivity index (χ0) is 15.8. The standard InChI is InChI=1S/C15H21N3O3S/c1-11-3-4-13(21-11)14-12(8-17-18-14)7-16-9-15(5-6-15)10-22(2,19)20/h3-4,8,16H,5-7,9-10H2,1-2H3,(H,17,18). The molecule has 2 aromatic rings. The highest BCUT2D eigenvalue weighted by molar-refractivity contribution is 7.90. The molecule has 7 heteroatoms. The third-order valence-corrected chi connectivity index (χ3v) is 5.18. The summed E-state index contributed by atoms with van der Waals surface area (Å²) in [5, 5.41) is 10.4. The molecule has 2 N–H and O–H groups in total. The van der Waals surface area contributed by atoms with Crippen molar-refractivity contribution in [1.29, 1.82) is 0 Å². The van der Waals surface area contributed by atoms with Crippen molar-refractivity contribution in [3.63, 3.8) is 0 Å². The van der Waals surface area contributed by atoms with Gasteiger partial charge in [0, 0.05) is 24.9 Å². The van der Waals surface area contributed by atoms with Crippen LogP contribution in [0.5, 0.6) is 0 Å². The summed E-state index contributed by atoms with van der Waals surface area (Å²) in [5.41, 5.74) is 1.82. The quantitative estimate of drug-likeness (QED) is 0.812. The van der Waals surface area contributed by atoms with Crippen molar-refractivity contribution >= 4 is 9.84 Å². The first-order valence-electron chi connectivity index (χ1n) is 7.34. The van der Waals surface area contributed by atoms with Gasteiger partial charge in [-0.05, 0) is 37.3 Å². The lowest BCUT2D eigenvalue weighted by molar-refractivity contribution is 0.491. The van der Waals surface area contributed by atoms with Crippen LogP contribution in [-0.4, -0.2) is 37.2 Å². The minimum absolute atomic E-state index is 0.0707. The van der Waals surface area contributed by atoms with Gasteiger partial charge >= 0.3 is 0 Å². The van der Waals surface area contributed by atoms with Gasteiger partial charge in [0.15, 0.2) is 5.76 Å². The Morgan fingerprint density at radius 3 is 2.77 bits per heavy atom. The van der Waals surface area contributed by atoms with Gasteiger partial charge in [-0.15, -0.1) is 0 Å². The molecule has 3 rings (SSSR count). The SMILES string of the molecule is Cc1ccc(-c2[nH]ncc2CNCC2(CS(C)(=O)=O)CC2)o1. The summed E-state index contributed by atoms with van der Waals surface area (Å²) in [7, 11) is -2.93. The Morgan fingerprint density at radius 2 is 2.18 bits per heavy atom. The Labute approximate surface area is 130 Å². The largest absolute Gasteiger partial charge is 0.460 e. The van der Waals surface area contributed by atoms with E-state index in [0.29, 0.717) is 13.1 Å². The van der Waals surface area contributed by atoms with Crippen LogP contribution in [0.1, 0.15) is 24.2 Å². The number of aromatic amines is 1. The van der Waals surface area contributed by atoms with Gasteiger partial charge in [0.05, 0.1) is 11.9 Å². The number of rotatable bonds is 7. The Hall–Kier alpha value is -1.60. The van der Waals surface area contributed by atoms with Crippen LogP contribution in [0.15, 0.2) is 22.7 Å². The van der Waals surface area contributed by atoms with Crippen LogP contribution in [0.4, 0.5) is 0 Å². The fourth-order valence-corrected chi connectivity index (χ4v) is 4.30. The molecule has 1 aliphatic carbocycles. The van der Waals surface area contributed by atoms with E-state index >= 15 is 0 Å². The normalized spacial score (nSPS) is 16.8. The number of hydrogen-bond donors (Lipinski definition) is 2. The van der Waals surface area contributed by atoms with Crippen molar-refractivity contribution in [2.24, 2.45) is 5.41 Å². The first-order valence-corrected chi connectivity index (χ1v) is 9.41. The molecule has 2 heterocycles. The van der Waals surface area contributed by atoms with E-state index in [2.05, 4.69) is 15.5 Å². The second-order valence-electron chi connectivity index (χ2n) is 6.35. The topological polar surface area (TPSA) is 88.0 Å². The highest BCUT2D eigenvalue weighted by atomic mass is 32.2. The lowest BCUT2D eigenvalue weighted by Crippen LogP contribution is -2.29. The monoisotopic (exact) mass is 323 g/mol. The van der Waals surface area contributed by atoms with E-state index in [1.165, 1.54) is 6.26 Å². The molecule has 0 aliphatic heterocycles. The molecule has 1 saturated carbocycles. The summed E-state index contributed by atoms with van der Waals surface area (Å²) in [6, 6.07) is 3.83. The summed E-state index contributed by atoms with van der Waals surface area (Å²) in [6.45, 7) is 3.25. The van der Waals surface area contributed by atoms with Crippen molar-refractivity contribution in [2.45, 2.75) is 26.3 Å². The molecule has 0 aromatic carbocycles. The number of hydrogen-bond acceptors (Lipinski definition) is 5. The Morgan fingerprint density at radius 1 is 1.41 bits per heavy atom. The zero-order valence-electron chi connectivity index (χ0n) is 12.8. The van der Waals surface area contributed by atoms with Crippen LogP contribution < -0.4 is 5.32 Å². The van der Waals surface area contributed by atoms with Gasteiger partial charge in [0.2, 0.25) is 0 Å². The van der Waals surface area contributed by atoms with Gasteiger partial charge in [-0.2, -0.15) is 5.10 Å². The fraction of sp³-hybridized carbons (Fsp3) is 0.533. The summed E-state index contributed by atoms with van der Waals surface area (Å²) in [4.78, 5) is 0. The third kappa shape index (κ3) is 3.59. The molecule has 0 amide bonds. The molecule has 1 fully saturated rings. The van der Waals surface area contributed by atoms with Crippen molar-refractivity contribution in [2.75, 3.05) is 18.6 Å². The lowest BCUT2D eigenvalue weighted by atomic mass is 10.1. The molecule has 0 unspecified atom stereocenters. The number of nitrogens with one attached hydrogen (secondary N) is 2. The maximum absolute atomic E-state index is 11.5. The van der Waals surface area contributed by atoms with E-state index in [-0.39, 0.29) is 11.2 Å². The van der Waals surface area contributed by atoms with Crippen LogP contribution in [0.3, 0.4) is 0 Å². The third-order valence-electron chi connectivity index (χ3n) is 4.05. The molecule has 0 atom stereocenters. The molecule has 1 aliphatic rings. The molecular formula is C15H21N3O3S. The molecule has 6 nitrogen and oxygen atoms in total. The average Bonchev–Trinajstić information content (AvgIpc) is 2.84. The number of H-pyrrole nitrogens is 1. The Kier molecular flexibility index (Phi) is 3.86. The van der Waals surface area contributed by atoms with E-state index in [9.17, 15) is 8.42 Å². The number of furan rings is 1. The minimum atomic E-state index is -2.93. The van der Waals surface area contributed by atoms with Gasteiger partial charge < -0.3 is 9.73 Å². The molecule has 0 spiro atoms. The summed E-state index contributed by atoms with van der Waals surface area (Å²) >= 11 is 0. The molecular weight excluding hydrogens is 302 g/mol. The van der Waals surface area contributed by atoms with E-state index in [0.717, 1.165) is 35.6 Å². The van der Waals surface area contributed by atoms with E-state index < -0.39 is 9.84 Å². The summed E-state index contributed by atoms with van der Waals surface area (Å²) in [6.07, 6.45) is 5.03. The highest BCUT2D eigenvalue weighted by Gasteiger charge is 2.44. The van der Waals surface area contributed by atoms with Crippen molar-refractivity contribution < 1.29 is 12.8 Å². The highest BCUT2D eigenvalue weighted by Crippen LogP contribution is 2.46. The molecule has 0 bridgehead atoms. The smallest absolute Gasteiger partial charge is 0.152 e. The van der Waals surface area contributed by atoms with Gasteiger partial charge in [0.1, 0.15) is 21.3 Å². The predicted molar refractivity (Wildman–Crippen MR) is 84.1 cm³/mol. The maximum atomic E-state index is 11.5. The van der Waals surface area contributed by atoms with Crippen LogP contribution in [0.25, 0.3) is 11.5 Å². The minimum Gasteiger partial charge on any atom is -0.460 e. The molecule has 2 aromatic heterocycles. The van der Waals surface area contributed by atoms with Crippen molar-refractivity contribution in [3.05, 3.63) is 29.7 Å². The zero-order valence-corrected chi connectivity index (χ0v) is 13.7. The van der Waals surface area contributed by atoms with Crippen LogP contribution >= 0.6 is 0 Å². The maximum Gasteiger partial charge on any atom is 0.152 e. The van der Waals surface area contributed by atoms with Crippen LogP contribution in [-0.2, 0) is 16.4 Å². The Bertz CT molecular complexity index is 757. The average molecular weight is 323 g/mol. The first kappa shape index (κ1) is 15.3.